The standard InChI is InChI=1S/C8H16O/c1-2-7-3-4-8(5-7)6-9/h7-9H,2-6H2,1H3/t7-,8+/m1/s1. The SMILES string of the molecule is CC[C@@H]1CC[C@H](CO)C1. The summed E-state index contributed by atoms with van der Waals surface area (Å²) < 4.78 is 0. The van der Waals surface area contributed by atoms with Crippen LogP contribution in [0.15, 0.2) is 0 Å². The molecule has 0 aromatic rings. The molecule has 1 saturated carbocycles. The first kappa shape index (κ1) is 7.07. The van der Waals surface area contributed by atoms with Gasteiger partial charge in [-0.2, -0.15) is 0 Å². The summed E-state index contributed by atoms with van der Waals surface area (Å²) >= 11 is 0. The van der Waals surface area contributed by atoms with Crippen LogP contribution in [0.3, 0.4) is 0 Å². The van der Waals surface area contributed by atoms with Crippen molar-refractivity contribution >= 4 is 0 Å². The summed E-state index contributed by atoms with van der Waals surface area (Å²) in [7, 11) is 0. The molecule has 1 N–H and O–H groups in total. The van der Waals surface area contributed by atoms with Gasteiger partial charge in [-0.3, -0.25) is 0 Å². The topological polar surface area (TPSA) is 20.2 Å². The number of aliphatic hydroxyl groups excluding tert-OH is 1. The molecule has 1 nitrogen and oxygen atoms in total. The van der Waals surface area contributed by atoms with Crippen molar-refractivity contribution in [3.8, 4) is 0 Å². The third-order valence-corrected chi connectivity index (χ3v) is 2.49. The van der Waals surface area contributed by atoms with E-state index in [0.717, 1.165) is 5.92 Å². The van der Waals surface area contributed by atoms with Crippen LogP contribution in [0.4, 0.5) is 0 Å². The van der Waals surface area contributed by atoms with Gasteiger partial charge in [-0.25, -0.2) is 0 Å². The molecule has 0 aliphatic heterocycles. The quantitative estimate of drug-likeness (QED) is 0.601. The van der Waals surface area contributed by atoms with Crippen LogP contribution in [0.2, 0.25) is 0 Å². The van der Waals surface area contributed by atoms with Gasteiger partial charge in [0.15, 0.2) is 0 Å². The zero-order valence-electron chi connectivity index (χ0n) is 6.14. The largest absolute Gasteiger partial charge is 0.396 e. The van der Waals surface area contributed by atoms with E-state index in [9.17, 15) is 0 Å². The minimum Gasteiger partial charge on any atom is -0.396 e. The number of rotatable bonds is 2. The summed E-state index contributed by atoms with van der Waals surface area (Å²) in [6.07, 6.45) is 5.18. The van der Waals surface area contributed by atoms with Gasteiger partial charge < -0.3 is 5.11 Å². The normalized spacial score (nSPS) is 35.3. The van der Waals surface area contributed by atoms with Crippen LogP contribution < -0.4 is 0 Å². The van der Waals surface area contributed by atoms with E-state index in [1.54, 1.807) is 0 Å². The van der Waals surface area contributed by atoms with Gasteiger partial charge in [0, 0.05) is 6.61 Å². The molecule has 0 bridgehead atoms. The summed E-state index contributed by atoms with van der Waals surface area (Å²) in [6.45, 7) is 2.65. The van der Waals surface area contributed by atoms with Gasteiger partial charge in [0.05, 0.1) is 0 Å². The fourth-order valence-corrected chi connectivity index (χ4v) is 1.72. The maximum Gasteiger partial charge on any atom is 0.0459 e. The second kappa shape index (κ2) is 3.21. The second-order valence-corrected chi connectivity index (χ2v) is 3.14. The molecule has 0 amide bonds. The van der Waals surface area contributed by atoms with Gasteiger partial charge in [-0.1, -0.05) is 19.8 Å². The Morgan fingerprint density at radius 2 is 2.00 bits per heavy atom. The molecule has 2 atom stereocenters. The summed E-state index contributed by atoms with van der Waals surface area (Å²) in [5.41, 5.74) is 0. The molecule has 9 heavy (non-hydrogen) atoms. The zero-order chi connectivity index (χ0) is 6.69. The summed E-state index contributed by atoms with van der Waals surface area (Å²) in [5.74, 6) is 1.55. The molecule has 0 aromatic heterocycles. The van der Waals surface area contributed by atoms with E-state index in [1.165, 1.54) is 25.7 Å². The summed E-state index contributed by atoms with van der Waals surface area (Å²) in [4.78, 5) is 0. The molecule has 0 spiro atoms. The van der Waals surface area contributed by atoms with Crippen molar-refractivity contribution in [1.82, 2.24) is 0 Å². The van der Waals surface area contributed by atoms with Crippen molar-refractivity contribution in [3.05, 3.63) is 0 Å². The molecule has 1 heteroatoms. The highest BCUT2D eigenvalue weighted by atomic mass is 16.3. The summed E-state index contributed by atoms with van der Waals surface area (Å²) in [5, 5.41) is 8.78. The van der Waals surface area contributed by atoms with E-state index in [-0.39, 0.29) is 0 Å². The fraction of sp³-hybridized carbons (Fsp3) is 1.00. The van der Waals surface area contributed by atoms with Crippen molar-refractivity contribution in [1.29, 1.82) is 0 Å². The Hall–Kier alpha value is -0.0400. The van der Waals surface area contributed by atoms with E-state index in [0.29, 0.717) is 12.5 Å². The van der Waals surface area contributed by atoms with Gasteiger partial charge in [-0.15, -0.1) is 0 Å². The summed E-state index contributed by atoms with van der Waals surface area (Å²) in [6, 6.07) is 0. The monoisotopic (exact) mass is 128 g/mol. The maximum atomic E-state index is 8.78. The number of hydrogen-bond donors (Lipinski definition) is 1. The van der Waals surface area contributed by atoms with Crippen LogP contribution >= 0.6 is 0 Å². The van der Waals surface area contributed by atoms with Crippen LogP contribution in [-0.4, -0.2) is 11.7 Å². The van der Waals surface area contributed by atoms with Crippen LogP contribution in [0.1, 0.15) is 32.6 Å². The van der Waals surface area contributed by atoms with E-state index < -0.39 is 0 Å². The van der Waals surface area contributed by atoms with Gasteiger partial charge >= 0.3 is 0 Å². The lowest BCUT2D eigenvalue weighted by Gasteiger charge is -2.04. The van der Waals surface area contributed by atoms with Crippen LogP contribution in [0.5, 0.6) is 0 Å². The second-order valence-electron chi connectivity index (χ2n) is 3.14. The molecule has 0 aromatic carbocycles. The van der Waals surface area contributed by atoms with E-state index in [1.807, 2.05) is 0 Å². The Morgan fingerprint density at radius 3 is 2.33 bits per heavy atom. The zero-order valence-corrected chi connectivity index (χ0v) is 6.14. The van der Waals surface area contributed by atoms with Crippen LogP contribution in [0.25, 0.3) is 0 Å². The van der Waals surface area contributed by atoms with Crippen LogP contribution in [0, 0.1) is 11.8 Å². The number of hydrogen-bond acceptors (Lipinski definition) is 1. The smallest absolute Gasteiger partial charge is 0.0459 e. The minimum absolute atomic E-state index is 0.413. The Balaban J connectivity index is 2.20. The molecule has 0 radical (unpaired) electrons. The average molecular weight is 128 g/mol. The van der Waals surface area contributed by atoms with E-state index >= 15 is 0 Å². The molecule has 0 saturated heterocycles. The van der Waals surface area contributed by atoms with Gasteiger partial charge in [-0.05, 0) is 24.7 Å². The molecule has 1 aliphatic rings. The van der Waals surface area contributed by atoms with Gasteiger partial charge in [0.25, 0.3) is 0 Å². The number of aliphatic hydroxyl groups is 1. The molecular formula is C8H16O. The van der Waals surface area contributed by atoms with Crippen molar-refractivity contribution in [2.45, 2.75) is 32.6 Å². The fourth-order valence-electron chi connectivity index (χ4n) is 1.72. The highest BCUT2D eigenvalue weighted by molar-refractivity contribution is 4.73. The highest BCUT2D eigenvalue weighted by Gasteiger charge is 2.21. The molecule has 1 aliphatic carbocycles. The Labute approximate surface area is 57.1 Å². The first-order valence-corrected chi connectivity index (χ1v) is 3.97. The van der Waals surface area contributed by atoms with Crippen LogP contribution in [-0.2, 0) is 0 Å². The average Bonchev–Trinajstić information content (AvgIpc) is 2.34. The minimum atomic E-state index is 0.413. The molecular weight excluding hydrogens is 112 g/mol. The van der Waals surface area contributed by atoms with Gasteiger partial charge in [0.2, 0.25) is 0 Å². The Kier molecular flexibility index (Phi) is 2.52. The molecule has 1 rings (SSSR count). The van der Waals surface area contributed by atoms with E-state index in [4.69, 9.17) is 5.11 Å². The van der Waals surface area contributed by atoms with E-state index in [2.05, 4.69) is 6.92 Å². The predicted molar refractivity (Wildman–Crippen MR) is 38.2 cm³/mol. The molecule has 0 heterocycles. The first-order chi connectivity index (χ1) is 4.36. The first-order valence-electron chi connectivity index (χ1n) is 3.97. The van der Waals surface area contributed by atoms with Crippen molar-refractivity contribution in [3.63, 3.8) is 0 Å². The molecule has 1 fully saturated rings. The highest BCUT2D eigenvalue weighted by Crippen LogP contribution is 2.32. The molecule has 54 valence electrons. The van der Waals surface area contributed by atoms with Crippen molar-refractivity contribution in [2.75, 3.05) is 6.61 Å². The Bertz CT molecular complexity index is 70.6. The van der Waals surface area contributed by atoms with Gasteiger partial charge in [0.1, 0.15) is 0 Å². The lowest BCUT2D eigenvalue weighted by Crippen LogP contribution is -2.00. The predicted octanol–water partition coefficient (Wildman–Crippen LogP) is 1.80. The van der Waals surface area contributed by atoms with Crippen molar-refractivity contribution in [2.24, 2.45) is 11.8 Å². The molecule has 0 unspecified atom stereocenters. The Morgan fingerprint density at radius 1 is 1.33 bits per heavy atom. The maximum absolute atomic E-state index is 8.78. The third kappa shape index (κ3) is 1.68. The van der Waals surface area contributed by atoms with Crippen molar-refractivity contribution < 1.29 is 5.11 Å². The third-order valence-electron chi connectivity index (χ3n) is 2.49. The lowest BCUT2D eigenvalue weighted by molar-refractivity contribution is 0.226. The lowest BCUT2D eigenvalue weighted by atomic mass is 10.0.